The minimum absolute atomic E-state index is 0.110. The van der Waals surface area contributed by atoms with Crippen molar-refractivity contribution in [1.29, 1.82) is 0 Å². The molecule has 8 fully saturated rings. The van der Waals surface area contributed by atoms with Gasteiger partial charge in [0.1, 0.15) is 36.7 Å². The van der Waals surface area contributed by atoms with Crippen LogP contribution in [0.4, 0.5) is 30.6 Å². The summed E-state index contributed by atoms with van der Waals surface area (Å²) in [6.07, 6.45) is -5.15. The average molecular weight is 1590 g/mol. The summed E-state index contributed by atoms with van der Waals surface area (Å²) in [5.74, 6) is -3.00. The Labute approximate surface area is 636 Å². The maximum atomic E-state index is 16.4. The van der Waals surface area contributed by atoms with E-state index in [2.05, 4.69) is 26.6 Å². The third-order valence-electron chi connectivity index (χ3n) is 19.5. The SMILES string of the molecule is CN1C(=O)[C@@]23C[C@]4([C@]56C[C@@]78SS[C@@](COC(=O)OCCCCC(=O)NCCOCCOCCNC(=O)OC(C)(C)C)(C(=O)N7[C@H]5N(S(=O)(=O)c5ccccc5)c5ccccc56)N(C)C8=O)c5ccccc5N[C@@H]4N2C(=O)[C@]1(COC(=O)OCCCCC(=O)NCCOCCOCCNC(=O)OC(C)(C)C)SS3. The zero-order valence-electron chi connectivity index (χ0n) is 60.9. The summed E-state index contributed by atoms with van der Waals surface area (Å²) >= 11 is 0. The van der Waals surface area contributed by atoms with Crippen molar-refractivity contribution in [3.8, 4) is 0 Å². The van der Waals surface area contributed by atoms with Crippen LogP contribution in [0.3, 0.4) is 0 Å². The molecular formula is C70H92N10O22S5. The third-order valence-corrected chi connectivity index (χ3v) is 28.5. The van der Waals surface area contributed by atoms with Crippen molar-refractivity contribution >= 4 is 125 Å². The van der Waals surface area contributed by atoms with Crippen LogP contribution in [0.15, 0.2) is 83.8 Å². The lowest BCUT2D eigenvalue weighted by Crippen LogP contribution is -2.78. The first-order chi connectivity index (χ1) is 51.0. The summed E-state index contributed by atoms with van der Waals surface area (Å²) in [5, 5.41) is 14.4. The second kappa shape index (κ2) is 32.9. The number of amides is 8. The number of alkyl carbamates (subject to hydrolysis) is 2. The Kier molecular flexibility index (Phi) is 24.7. The smallest absolute Gasteiger partial charge is 0.444 e. The van der Waals surface area contributed by atoms with Crippen LogP contribution in [-0.2, 0) is 97.0 Å². The second-order valence-corrected chi connectivity index (χ2v) is 35.8. The number of sulfonamides is 1. The van der Waals surface area contributed by atoms with E-state index in [1.165, 1.54) is 50.1 Å². The van der Waals surface area contributed by atoms with Crippen molar-refractivity contribution in [1.82, 2.24) is 40.9 Å². The summed E-state index contributed by atoms with van der Waals surface area (Å²) in [7, 11) is 2.32. The number of carbonyl (C=O) groups excluding carboxylic acids is 10. The molecule has 3 aromatic rings. The largest absolute Gasteiger partial charge is 0.508 e. The molecule has 2 spiro atoms. The van der Waals surface area contributed by atoms with E-state index in [0.29, 0.717) is 29.7 Å². The summed E-state index contributed by atoms with van der Waals surface area (Å²) in [6.45, 7) is 12.0. The van der Waals surface area contributed by atoms with Crippen molar-refractivity contribution in [2.75, 3.05) is 129 Å². The number of piperazine rings is 2. The molecule has 10 heterocycles. The van der Waals surface area contributed by atoms with Gasteiger partial charge in [0, 0.05) is 71.6 Å². The molecule has 4 bridgehead atoms. The van der Waals surface area contributed by atoms with Crippen molar-refractivity contribution < 1.29 is 104 Å². The summed E-state index contributed by atoms with van der Waals surface area (Å²) in [5.41, 5.74) is -2.83. The number of ether oxygens (including phenoxy) is 10. The molecule has 8 amide bonds. The number of fused-ring (bicyclic) bond motifs is 11. The van der Waals surface area contributed by atoms with Crippen LogP contribution in [0.1, 0.15) is 104 Å². The van der Waals surface area contributed by atoms with E-state index in [9.17, 15) is 28.8 Å². The highest BCUT2D eigenvalue weighted by atomic mass is 33.1. The van der Waals surface area contributed by atoms with Crippen LogP contribution < -0.4 is 30.9 Å². The Morgan fingerprint density at radius 3 is 1.42 bits per heavy atom. The number of unbranched alkanes of at least 4 members (excludes halogenated alkanes) is 2. The molecule has 0 unspecified atom stereocenters. The monoisotopic (exact) mass is 1580 g/mol. The molecule has 5 N–H and O–H groups in total. The van der Waals surface area contributed by atoms with Crippen LogP contribution in [0.25, 0.3) is 0 Å². The lowest BCUT2D eigenvalue weighted by molar-refractivity contribution is -0.167. The maximum absolute atomic E-state index is 16.4. The van der Waals surface area contributed by atoms with Crippen molar-refractivity contribution in [3.05, 3.63) is 90.0 Å². The third kappa shape index (κ3) is 15.7. The lowest BCUT2D eigenvalue weighted by Gasteiger charge is -2.58. The van der Waals surface area contributed by atoms with Crippen molar-refractivity contribution in [3.63, 3.8) is 0 Å². The Morgan fingerprint density at radius 1 is 0.495 bits per heavy atom. The van der Waals surface area contributed by atoms with Gasteiger partial charge >= 0.3 is 24.5 Å². The van der Waals surface area contributed by atoms with E-state index in [0.717, 1.165) is 43.2 Å². The summed E-state index contributed by atoms with van der Waals surface area (Å²) in [4.78, 5) is 138. The van der Waals surface area contributed by atoms with Crippen LogP contribution >= 0.6 is 43.2 Å². The van der Waals surface area contributed by atoms with Gasteiger partial charge in [0.15, 0.2) is 9.74 Å². The van der Waals surface area contributed by atoms with Gasteiger partial charge in [-0.15, -0.1) is 0 Å². The topological polar surface area (TPSA) is 373 Å². The molecule has 584 valence electrons. The molecule has 0 aliphatic carbocycles. The van der Waals surface area contributed by atoms with E-state index in [4.69, 9.17) is 47.4 Å². The van der Waals surface area contributed by atoms with E-state index in [-0.39, 0.29) is 153 Å². The number of nitrogens with one attached hydrogen (secondary N) is 5. The molecule has 13 rings (SSSR count). The van der Waals surface area contributed by atoms with E-state index in [1.54, 1.807) is 96.1 Å². The molecular weight excluding hydrogens is 1490 g/mol. The molecule has 8 atom stereocenters. The number of rotatable bonds is 35. The second-order valence-electron chi connectivity index (χ2n) is 28.6. The Hall–Kier alpha value is -7.65. The van der Waals surface area contributed by atoms with Crippen LogP contribution in [0.5, 0.6) is 0 Å². The van der Waals surface area contributed by atoms with Gasteiger partial charge in [-0.25, -0.2) is 31.9 Å². The van der Waals surface area contributed by atoms with E-state index < -0.39 is 125 Å². The molecule has 0 aromatic heterocycles. The van der Waals surface area contributed by atoms with Gasteiger partial charge in [-0.3, -0.25) is 38.6 Å². The molecule has 0 radical (unpaired) electrons. The number of anilines is 2. The zero-order chi connectivity index (χ0) is 76.8. The Morgan fingerprint density at radius 2 is 0.925 bits per heavy atom. The number of benzene rings is 3. The predicted molar refractivity (Wildman–Crippen MR) is 393 cm³/mol. The standard InChI is InChI=1S/C70H92N10O22S5/c1-63(2,3)101-59(87)73-30-36-95-40-38-93-34-28-71-51(81)26-16-18-32-97-61(89)99-44-69-57(85)78-53-65(47-22-12-14-24-49(47)75-53,42-67(78,103-105-69)55(83)76(69)7)66-43-68-56(84)77(8)70(106-104-68,58(86)79(68)54(66)80(50-25-15-13-23-48(50)66)107(91,92)46-20-10-9-11-21-46)45-100-62(90)98-33-19-17-27-52(82)72-29-35-94-39-41-96-37-31-74-60(88)102-64(4,5)6/h9-15,20-25,53-54,75H,16-19,26-45H2,1-8H3,(H,71,81)(H,72,82)(H,73,87)(H,74,88)/t53-,54+,65+,66+,67+,68+,69+,70+/m1/s1. The molecule has 0 saturated carbocycles. The normalized spacial score (nSPS) is 25.6. The first kappa shape index (κ1) is 80.4. The molecule has 3 aromatic carbocycles. The lowest BCUT2D eigenvalue weighted by atomic mass is 9.54. The summed E-state index contributed by atoms with van der Waals surface area (Å²) < 4.78 is 88.0. The highest BCUT2D eigenvalue weighted by molar-refractivity contribution is 8.78. The number of likely N-dealkylation sites (N-methyl/N-ethyl adjacent to an activating group) is 2. The van der Waals surface area contributed by atoms with E-state index in [1.807, 2.05) is 12.1 Å². The minimum atomic E-state index is -4.75. The van der Waals surface area contributed by atoms with Crippen LogP contribution in [0.2, 0.25) is 0 Å². The highest BCUT2D eigenvalue weighted by Crippen LogP contribution is 2.80. The maximum Gasteiger partial charge on any atom is 0.508 e. The predicted octanol–water partition coefficient (Wildman–Crippen LogP) is 6.13. The van der Waals surface area contributed by atoms with Gasteiger partial charge in [0.2, 0.25) is 21.6 Å². The fraction of sp³-hybridized carbons (Fsp3) is 0.600. The molecule has 10 aliphatic rings. The number of nitrogens with zero attached hydrogens (tertiary/aromatic N) is 5. The van der Waals surface area contributed by atoms with Crippen LogP contribution in [0, 0.1) is 0 Å². The average Bonchev–Trinajstić information content (AvgIpc) is 1.45. The van der Waals surface area contributed by atoms with Gasteiger partial charge in [0.25, 0.3) is 33.7 Å². The first-order valence-corrected chi connectivity index (χ1v) is 41.1. The summed E-state index contributed by atoms with van der Waals surface area (Å²) in [6, 6.07) is 21.8. The molecule has 107 heavy (non-hydrogen) atoms. The number of carbonyl (C=O) groups is 10. The number of hydrogen-bond donors (Lipinski definition) is 5. The Bertz CT molecular complexity index is 3970. The van der Waals surface area contributed by atoms with Gasteiger partial charge in [-0.2, -0.15) is 0 Å². The molecule has 32 nitrogen and oxygen atoms in total. The Balaban J connectivity index is 0.747. The van der Waals surface area contributed by atoms with Crippen molar-refractivity contribution in [2.24, 2.45) is 0 Å². The molecule has 37 heteroatoms. The minimum Gasteiger partial charge on any atom is -0.444 e. The highest BCUT2D eigenvalue weighted by Gasteiger charge is 2.89. The first-order valence-electron chi connectivity index (χ1n) is 35.4. The van der Waals surface area contributed by atoms with Crippen LogP contribution in [-0.4, -0.2) is 251 Å². The molecule has 10 aliphatic heterocycles. The van der Waals surface area contributed by atoms with E-state index >= 15 is 27.6 Å². The molecule has 8 saturated heterocycles. The van der Waals surface area contributed by atoms with Crippen molar-refractivity contribution in [2.45, 2.75) is 152 Å². The quantitative estimate of drug-likeness (QED) is 0.0191. The number of hydrogen-bond acceptors (Lipinski definition) is 27. The fourth-order valence-electron chi connectivity index (χ4n) is 14.9. The number of para-hydroxylation sites is 2. The van der Waals surface area contributed by atoms with Gasteiger partial charge in [-0.05, 0) is 124 Å². The van der Waals surface area contributed by atoms with Gasteiger partial charge in [0.05, 0.1) is 87.5 Å². The van der Waals surface area contributed by atoms with Gasteiger partial charge in [-0.1, -0.05) is 76.2 Å². The van der Waals surface area contributed by atoms with Gasteiger partial charge < -0.3 is 83.8 Å². The fourth-order valence-corrected chi connectivity index (χ4v) is 23.9. The zero-order valence-corrected chi connectivity index (χ0v) is 65.0.